The summed E-state index contributed by atoms with van der Waals surface area (Å²) in [7, 11) is 0. The topological polar surface area (TPSA) is 12.0 Å². The molecular weight excluding hydrogens is 194 g/mol. The fourth-order valence-corrected chi connectivity index (χ4v) is 3.37. The van der Waals surface area contributed by atoms with Gasteiger partial charge in [0.15, 0.2) is 0 Å². The number of nitrogens with one attached hydrogen (secondary N) is 1. The van der Waals surface area contributed by atoms with Gasteiger partial charge in [0, 0.05) is 6.04 Å². The number of hydrogen-bond donors (Lipinski definition) is 1. The molecule has 0 radical (unpaired) electrons. The van der Waals surface area contributed by atoms with E-state index in [1.807, 2.05) is 0 Å². The maximum absolute atomic E-state index is 3.76. The third-order valence-corrected chi connectivity index (χ3v) is 4.96. The molecule has 0 aromatic rings. The Labute approximate surface area is 101 Å². The van der Waals surface area contributed by atoms with Crippen LogP contribution in [0.4, 0.5) is 0 Å². The molecule has 1 N–H and O–H groups in total. The van der Waals surface area contributed by atoms with Gasteiger partial charge in [0.25, 0.3) is 0 Å². The van der Waals surface area contributed by atoms with Gasteiger partial charge in [-0.05, 0) is 49.5 Å². The van der Waals surface area contributed by atoms with E-state index < -0.39 is 0 Å². The first kappa shape index (κ1) is 12.4. The van der Waals surface area contributed by atoms with Crippen molar-refractivity contribution in [3.05, 3.63) is 0 Å². The molecule has 4 unspecified atom stereocenters. The second-order valence-electron chi connectivity index (χ2n) is 6.37. The summed E-state index contributed by atoms with van der Waals surface area (Å²) in [4.78, 5) is 0. The van der Waals surface area contributed by atoms with E-state index in [1.54, 1.807) is 0 Å². The molecule has 94 valence electrons. The Balaban J connectivity index is 1.85. The standard InChI is InChI=1S/C15H29N/c1-4-16-15(10-13-6-7-13)14-8-5-11(2)12(3)9-14/h11-16H,4-10H2,1-3H3. The van der Waals surface area contributed by atoms with Gasteiger partial charge in [0.05, 0.1) is 0 Å². The van der Waals surface area contributed by atoms with Crippen LogP contribution >= 0.6 is 0 Å². The van der Waals surface area contributed by atoms with Gasteiger partial charge in [-0.1, -0.05) is 40.0 Å². The molecule has 16 heavy (non-hydrogen) atoms. The lowest BCUT2D eigenvalue weighted by Gasteiger charge is -2.37. The lowest BCUT2D eigenvalue weighted by atomic mass is 9.72. The maximum Gasteiger partial charge on any atom is 0.00979 e. The third kappa shape index (κ3) is 3.23. The van der Waals surface area contributed by atoms with E-state index in [9.17, 15) is 0 Å². The van der Waals surface area contributed by atoms with Gasteiger partial charge in [-0.3, -0.25) is 0 Å². The molecule has 4 atom stereocenters. The second kappa shape index (κ2) is 5.53. The lowest BCUT2D eigenvalue weighted by Crippen LogP contribution is -2.40. The van der Waals surface area contributed by atoms with Crippen molar-refractivity contribution in [3.8, 4) is 0 Å². The molecule has 2 aliphatic carbocycles. The van der Waals surface area contributed by atoms with E-state index in [-0.39, 0.29) is 0 Å². The van der Waals surface area contributed by atoms with Gasteiger partial charge in [-0.15, -0.1) is 0 Å². The normalized spacial score (nSPS) is 37.3. The van der Waals surface area contributed by atoms with Gasteiger partial charge in [-0.2, -0.15) is 0 Å². The molecule has 0 amide bonds. The minimum Gasteiger partial charge on any atom is -0.314 e. The van der Waals surface area contributed by atoms with Crippen LogP contribution in [0.15, 0.2) is 0 Å². The molecule has 2 saturated carbocycles. The van der Waals surface area contributed by atoms with Crippen LogP contribution in [0.1, 0.15) is 59.3 Å². The highest BCUT2D eigenvalue weighted by atomic mass is 14.9. The maximum atomic E-state index is 3.76. The summed E-state index contributed by atoms with van der Waals surface area (Å²) in [5.41, 5.74) is 0. The van der Waals surface area contributed by atoms with Crippen molar-refractivity contribution < 1.29 is 0 Å². The first-order valence-corrected chi connectivity index (χ1v) is 7.44. The van der Waals surface area contributed by atoms with Gasteiger partial charge in [-0.25, -0.2) is 0 Å². The van der Waals surface area contributed by atoms with Crippen molar-refractivity contribution in [2.45, 2.75) is 65.3 Å². The quantitative estimate of drug-likeness (QED) is 0.747. The minimum atomic E-state index is 0.826. The van der Waals surface area contributed by atoms with Crippen LogP contribution in [0.3, 0.4) is 0 Å². The van der Waals surface area contributed by atoms with Crippen LogP contribution in [0, 0.1) is 23.7 Å². The van der Waals surface area contributed by atoms with Gasteiger partial charge < -0.3 is 5.32 Å². The Morgan fingerprint density at radius 3 is 2.38 bits per heavy atom. The van der Waals surface area contributed by atoms with E-state index in [2.05, 4.69) is 26.1 Å². The fraction of sp³-hybridized carbons (Fsp3) is 1.00. The molecule has 0 aromatic carbocycles. The summed E-state index contributed by atoms with van der Waals surface area (Å²) in [6.07, 6.45) is 8.85. The molecule has 0 bridgehead atoms. The fourth-order valence-electron chi connectivity index (χ4n) is 3.37. The molecule has 1 nitrogen and oxygen atoms in total. The molecule has 1 heteroatoms. The van der Waals surface area contributed by atoms with Crippen LogP contribution in [0.2, 0.25) is 0 Å². The van der Waals surface area contributed by atoms with Crippen molar-refractivity contribution in [1.82, 2.24) is 5.32 Å². The van der Waals surface area contributed by atoms with Crippen molar-refractivity contribution in [2.24, 2.45) is 23.7 Å². The van der Waals surface area contributed by atoms with E-state index in [1.165, 1.54) is 38.5 Å². The highest BCUT2D eigenvalue weighted by Gasteiger charge is 2.33. The van der Waals surface area contributed by atoms with Gasteiger partial charge in [0.2, 0.25) is 0 Å². The smallest absolute Gasteiger partial charge is 0.00979 e. The summed E-state index contributed by atoms with van der Waals surface area (Å²) in [5.74, 6) is 3.93. The molecule has 2 aliphatic rings. The zero-order chi connectivity index (χ0) is 11.5. The molecule has 0 saturated heterocycles. The van der Waals surface area contributed by atoms with Crippen molar-refractivity contribution in [3.63, 3.8) is 0 Å². The monoisotopic (exact) mass is 223 g/mol. The first-order chi connectivity index (χ1) is 7.70. The Morgan fingerprint density at radius 2 is 1.81 bits per heavy atom. The number of hydrogen-bond acceptors (Lipinski definition) is 1. The zero-order valence-corrected chi connectivity index (χ0v) is 11.3. The second-order valence-corrected chi connectivity index (χ2v) is 6.37. The van der Waals surface area contributed by atoms with Crippen LogP contribution in [0.25, 0.3) is 0 Å². The summed E-state index contributed by atoms with van der Waals surface area (Å²) in [5, 5.41) is 3.76. The van der Waals surface area contributed by atoms with E-state index >= 15 is 0 Å². The van der Waals surface area contributed by atoms with Crippen LogP contribution in [-0.2, 0) is 0 Å². The largest absolute Gasteiger partial charge is 0.314 e. The molecule has 0 aliphatic heterocycles. The van der Waals surface area contributed by atoms with E-state index in [0.717, 1.165) is 36.3 Å². The Hall–Kier alpha value is -0.0400. The highest BCUT2D eigenvalue weighted by molar-refractivity contribution is 4.88. The lowest BCUT2D eigenvalue weighted by molar-refractivity contribution is 0.164. The first-order valence-electron chi connectivity index (χ1n) is 7.44. The average Bonchev–Trinajstić information content (AvgIpc) is 3.05. The molecule has 0 heterocycles. The Bertz CT molecular complexity index is 209. The predicted octanol–water partition coefficient (Wildman–Crippen LogP) is 3.84. The zero-order valence-electron chi connectivity index (χ0n) is 11.3. The third-order valence-electron chi connectivity index (χ3n) is 4.96. The Kier molecular flexibility index (Phi) is 4.29. The van der Waals surface area contributed by atoms with Crippen molar-refractivity contribution in [1.29, 1.82) is 0 Å². The van der Waals surface area contributed by atoms with Crippen LogP contribution in [-0.4, -0.2) is 12.6 Å². The van der Waals surface area contributed by atoms with Crippen molar-refractivity contribution >= 4 is 0 Å². The van der Waals surface area contributed by atoms with Gasteiger partial charge in [0.1, 0.15) is 0 Å². The van der Waals surface area contributed by atoms with Gasteiger partial charge >= 0.3 is 0 Å². The summed E-state index contributed by atoms with van der Waals surface area (Å²) in [6.45, 7) is 8.30. The van der Waals surface area contributed by atoms with Crippen LogP contribution < -0.4 is 5.32 Å². The molecule has 0 aromatic heterocycles. The summed E-state index contributed by atoms with van der Waals surface area (Å²) < 4.78 is 0. The van der Waals surface area contributed by atoms with Crippen molar-refractivity contribution in [2.75, 3.05) is 6.54 Å². The summed E-state index contributed by atoms with van der Waals surface area (Å²) >= 11 is 0. The van der Waals surface area contributed by atoms with Crippen LogP contribution in [0.5, 0.6) is 0 Å². The SMILES string of the molecule is CCNC(CC1CC1)C1CCC(C)C(C)C1. The van der Waals surface area contributed by atoms with E-state index in [4.69, 9.17) is 0 Å². The minimum absolute atomic E-state index is 0.826. The highest BCUT2D eigenvalue weighted by Crippen LogP contribution is 2.40. The molecular formula is C15H29N. The molecule has 2 fully saturated rings. The summed E-state index contributed by atoms with van der Waals surface area (Å²) in [6, 6.07) is 0.826. The molecule has 2 rings (SSSR count). The Morgan fingerprint density at radius 1 is 1.06 bits per heavy atom. The number of rotatable bonds is 5. The average molecular weight is 223 g/mol. The molecule has 0 spiro atoms. The van der Waals surface area contributed by atoms with E-state index in [0.29, 0.717) is 0 Å². The predicted molar refractivity (Wildman–Crippen MR) is 70.5 cm³/mol.